The highest BCUT2D eigenvalue weighted by Gasteiger charge is 2.17. The molecule has 1 aromatic carbocycles. The molecule has 0 aliphatic rings. The molecule has 1 rings (SSSR count). The second-order valence-corrected chi connectivity index (χ2v) is 3.56. The fraction of sp³-hybridized carbons (Fsp3) is 0.100. The van der Waals surface area contributed by atoms with Crippen LogP contribution in [0.25, 0.3) is 6.08 Å². The lowest BCUT2D eigenvalue weighted by Crippen LogP contribution is -1.91. The average Bonchev–Trinajstić information content (AvgIpc) is 2.22. The number of nitro groups is 1. The van der Waals surface area contributed by atoms with Crippen molar-refractivity contribution < 1.29 is 14.8 Å². The average molecular weight is 242 g/mol. The first-order chi connectivity index (χ1) is 7.45. The van der Waals surface area contributed by atoms with Gasteiger partial charge in [0.25, 0.3) is 0 Å². The van der Waals surface area contributed by atoms with Gasteiger partial charge in [-0.2, -0.15) is 0 Å². The van der Waals surface area contributed by atoms with Gasteiger partial charge in [-0.25, -0.2) is 0 Å². The van der Waals surface area contributed by atoms with Gasteiger partial charge in [-0.1, -0.05) is 11.6 Å². The van der Waals surface area contributed by atoms with Crippen LogP contribution in [-0.2, 0) is 4.79 Å². The molecule has 0 fully saturated rings. The predicted octanol–water partition coefficient (Wildman–Crippen LogP) is 2.56. The molecule has 6 heteroatoms. The second-order valence-electron chi connectivity index (χ2n) is 3.13. The Labute approximate surface area is 96.1 Å². The molecule has 0 aliphatic heterocycles. The lowest BCUT2D eigenvalue weighted by molar-refractivity contribution is -0.385. The molecule has 0 bridgehead atoms. The standard InChI is InChI=1S/C10H8ClNO4/c1-6(5-13)2-7-3-8(11)4-9(10(7)14)12(15)16/h2-5,14H,1H3/b6-2+. The molecule has 16 heavy (non-hydrogen) atoms. The smallest absolute Gasteiger partial charge is 0.312 e. The lowest BCUT2D eigenvalue weighted by atomic mass is 10.1. The monoisotopic (exact) mass is 241 g/mol. The number of hydrogen-bond donors (Lipinski definition) is 1. The van der Waals surface area contributed by atoms with E-state index in [1.807, 2.05) is 0 Å². The highest BCUT2D eigenvalue weighted by Crippen LogP contribution is 2.34. The molecule has 0 saturated carbocycles. The zero-order valence-electron chi connectivity index (χ0n) is 8.31. The minimum absolute atomic E-state index is 0.120. The molecule has 84 valence electrons. The fourth-order valence-electron chi connectivity index (χ4n) is 1.13. The predicted molar refractivity (Wildman–Crippen MR) is 59.5 cm³/mol. The zero-order chi connectivity index (χ0) is 12.3. The quantitative estimate of drug-likeness (QED) is 0.382. The normalized spacial score (nSPS) is 11.2. The van der Waals surface area contributed by atoms with E-state index in [4.69, 9.17) is 11.6 Å². The van der Waals surface area contributed by atoms with E-state index < -0.39 is 16.4 Å². The summed E-state index contributed by atoms with van der Waals surface area (Å²) >= 11 is 5.66. The van der Waals surface area contributed by atoms with Gasteiger partial charge in [-0.3, -0.25) is 14.9 Å². The van der Waals surface area contributed by atoms with E-state index in [1.54, 1.807) is 0 Å². The number of halogens is 1. The first-order valence-electron chi connectivity index (χ1n) is 4.26. The van der Waals surface area contributed by atoms with Gasteiger partial charge in [0.2, 0.25) is 5.75 Å². The van der Waals surface area contributed by atoms with Crippen molar-refractivity contribution in [1.82, 2.24) is 0 Å². The van der Waals surface area contributed by atoms with Crippen LogP contribution in [0.4, 0.5) is 5.69 Å². The fourth-order valence-corrected chi connectivity index (χ4v) is 1.35. The van der Waals surface area contributed by atoms with Gasteiger partial charge in [0.05, 0.1) is 4.92 Å². The lowest BCUT2D eigenvalue weighted by Gasteiger charge is -2.02. The number of benzene rings is 1. The van der Waals surface area contributed by atoms with Crippen LogP contribution in [0.1, 0.15) is 12.5 Å². The van der Waals surface area contributed by atoms with Gasteiger partial charge in [0, 0.05) is 16.7 Å². The Morgan fingerprint density at radius 3 is 2.69 bits per heavy atom. The second kappa shape index (κ2) is 4.76. The van der Waals surface area contributed by atoms with Gasteiger partial charge < -0.3 is 5.11 Å². The van der Waals surface area contributed by atoms with E-state index in [9.17, 15) is 20.0 Å². The molecule has 1 aromatic rings. The molecule has 0 amide bonds. The summed E-state index contributed by atoms with van der Waals surface area (Å²) in [5.41, 5.74) is -0.0203. The van der Waals surface area contributed by atoms with Crippen LogP contribution < -0.4 is 0 Å². The van der Waals surface area contributed by atoms with Crippen LogP contribution in [0.3, 0.4) is 0 Å². The maximum Gasteiger partial charge on any atom is 0.312 e. The number of rotatable bonds is 3. The van der Waals surface area contributed by atoms with Crippen molar-refractivity contribution in [1.29, 1.82) is 0 Å². The molecule has 5 nitrogen and oxygen atoms in total. The number of carbonyl (C=O) groups is 1. The third-order valence-corrected chi connectivity index (χ3v) is 2.07. The van der Waals surface area contributed by atoms with Crippen molar-refractivity contribution in [3.05, 3.63) is 38.4 Å². The van der Waals surface area contributed by atoms with Crippen molar-refractivity contribution in [2.75, 3.05) is 0 Å². The van der Waals surface area contributed by atoms with Crippen LogP contribution >= 0.6 is 11.6 Å². The number of nitrogens with zero attached hydrogens (tertiary/aromatic N) is 1. The van der Waals surface area contributed by atoms with Gasteiger partial charge in [-0.15, -0.1) is 0 Å². The molecule has 0 aliphatic carbocycles. The maximum atomic E-state index is 10.6. The first kappa shape index (κ1) is 12.2. The highest BCUT2D eigenvalue weighted by molar-refractivity contribution is 6.31. The maximum absolute atomic E-state index is 10.6. The summed E-state index contributed by atoms with van der Waals surface area (Å²) in [5.74, 6) is -0.504. The summed E-state index contributed by atoms with van der Waals surface area (Å²) in [4.78, 5) is 20.2. The topological polar surface area (TPSA) is 80.4 Å². The molecule has 0 spiro atoms. The Balaban J connectivity index is 3.41. The number of phenols is 1. The summed E-state index contributed by atoms with van der Waals surface area (Å²) < 4.78 is 0. The van der Waals surface area contributed by atoms with Gasteiger partial charge in [0.15, 0.2) is 0 Å². The van der Waals surface area contributed by atoms with Crippen LogP contribution in [0.5, 0.6) is 5.75 Å². The number of nitro benzene ring substituents is 1. The van der Waals surface area contributed by atoms with E-state index in [2.05, 4.69) is 0 Å². The Kier molecular flexibility index (Phi) is 3.63. The Morgan fingerprint density at radius 1 is 1.56 bits per heavy atom. The molecule has 0 aromatic heterocycles. The number of carbonyl (C=O) groups excluding carboxylic acids is 1. The first-order valence-corrected chi connectivity index (χ1v) is 4.64. The molecule has 1 N–H and O–H groups in total. The van der Waals surface area contributed by atoms with Crippen LogP contribution in [0.15, 0.2) is 17.7 Å². The number of phenolic OH excluding ortho intramolecular Hbond substituents is 1. The Bertz CT molecular complexity index is 482. The molecule has 0 heterocycles. The van der Waals surface area contributed by atoms with Gasteiger partial charge in [0.1, 0.15) is 6.29 Å². The van der Waals surface area contributed by atoms with Crippen molar-refractivity contribution in [3.8, 4) is 5.75 Å². The zero-order valence-corrected chi connectivity index (χ0v) is 9.06. The number of hydrogen-bond acceptors (Lipinski definition) is 4. The Hall–Kier alpha value is -1.88. The van der Waals surface area contributed by atoms with E-state index in [1.165, 1.54) is 19.1 Å². The third-order valence-electron chi connectivity index (χ3n) is 1.85. The number of aromatic hydroxyl groups is 1. The summed E-state index contributed by atoms with van der Waals surface area (Å²) in [6.45, 7) is 1.51. The van der Waals surface area contributed by atoms with Gasteiger partial charge in [-0.05, 0) is 24.6 Å². The third kappa shape index (κ3) is 2.58. The highest BCUT2D eigenvalue weighted by atomic mass is 35.5. The van der Waals surface area contributed by atoms with Crippen molar-refractivity contribution in [2.24, 2.45) is 0 Å². The summed E-state index contributed by atoms with van der Waals surface area (Å²) in [6, 6.07) is 2.39. The minimum atomic E-state index is -0.741. The van der Waals surface area contributed by atoms with E-state index >= 15 is 0 Å². The summed E-state index contributed by atoms with van der Waals surface area (Å²) in [6.07, 6.45) is 1.90. The molecule has 0 atom stereocenters. The van der Waals surface area contributed by atoms with E-state index in [-0.39, 0.29) is 10.6 Å². The summed E-state index contributed by atoms with van der Waals surface area (Å²) in [7, 11) is 0. The molecule has 0 radical (unpaired) electrons. The number of aldehydes is 1. The summed E-state index contributed by atoms with van der Waals surface area (Å²) in [5, 5.41) is 20.3. The number of allylic oxidation sites excluding steroid dienone is 1. The SMILES string of the molecule is C/C(C=O)=C\c1cc(Cl)cc([N+](=O)[O-])c1O. The molecular formula is C10H8ClNO4. The Morgan fingerprint density at radius 2 is 2.19 bits per heavy atom. The molecule has 0 saturated heterocycles. The molecular weight excluding hydrogens is 234 g/mol. The molecule has 0 unspecified atom stereocenters. The van der Waals surface area contributed by atoms with Crippen molar-refractivity contribution in [2.45, 2.75) is 6.92 Å². The van der Waals surface area contributed by atoms with E-state index in [0.29, 0.717) is 11.9 Å². The van der Waals surface area contributed by atoms with Crippen LogP contribution in [0.2, 0.25) is 5.02 Å². The van der Waals surface area contributed by atoms with Crippen molar-refractivity contribution in [3.63, 3.8) is 0 Å². The van der Waals surface area contributed by atoms with Crippen LogP contribution in [-0.4, -0.2) is 16.3 Å². The largest absolute Gasteiger partial charge is 0.502 e. The van der Waals surface area contributed by atoms with E-state index in [0.717, 1.165) is 6.07 Å². The van der Waals surface area contributed by atoms with Crippen LogP contribution in [0, 0.1) is 10.1 Å². The van der Waals surface area contributed by atoms with Crippen molar-refractivity contribution >= 4 is 29.7 Å². The van der Waals surface area contributed by atoms with Gasteiger partial charge >= 0.3 is 5.69 Å². The minimum Gasteiger partial charge on any atom is -0.502 e.